The lowest BCUT2D eigenvalue weighted by Crippen LogP contribution is -1.83. The van der Waals surface area contributed by atoms with Crippen LogP contribution in [-0.2, 0) is 12.8 Å². The molecule has 0 atom stereocenters. The highest BCUT2D eigenvalue weighted by Gasteiger charge is 2.10. The summed E-state index contributed by atoms with van der Waals surface area (Å²) in [5, 5.41) is 2.17. The van der Waals surface area contributed by atoms with Crippen LogP contribution in [0.5, 0.6) is 0 Å². The van der Waals surface area contributed by atoms with E-state index in [-0.39, 0.29) is 0 Å². The number of rotatable bonds is 2. The van der Waals surface area contributed by atoms with Gasteiger partial charge in [0, 0.05) is 0 Å². The molecule has 16 heavy (non-hydrogen) atoms. The summed E-state index contributed by atoms with van der Waals surface area (Å²) in [7, 11) is 0. The van der Waals surface area contributed by atoms with Gasteiger partial charge in [-0.25, -0.2) is 19.9 Å². The van der Waals surface area contributed by atoms with E-state index in [0.717, 1.165) is 43.8 Å². The minimum Gasteiger partial charge on any atom is -0.220 e. The van der Waals surface area contributed by atoms with Gasteiger partial charge in [0.2, 0.25) is 0 Å². The molecule has 3 rings (SSSR count). The van der Waals surface area contributed by atoms with Gasteiger partial charge in [-0.15, -0.1) is 0 Å². The number of fused-ring (bicyclic) bond motifs is 2. The van der Waals surface area contributed by atoms with E-state index in [1.165, 1.54) is 0 Å². The van der Waals surface area contributed by atoms with Crippen LogP contribution in [0, 0.1) is 0 Å². The van der Waals surface area contributed by atoms with Gasteiger partial charge >= 0.3 is 0 Å². The zero-order valence-electron chi connectivity index (χ0n) is 9.02. The van der Waals surface area contributed by atoms with Gasteiger partial charge in [-0.2, -0.15) is 0 Å². The quantitative estimate of drug-likeness (QED) is 0.701. The minimum atomic E-state index is 0.738. The molecular weight excluding hydrogens is 240 g/mol. The highest BCUT2D eigenvalue weighted by Crippen LogP contribution is 2.25. The Balaban J connectivity index is 2.28. The van der Waals surface area contributed by atoms with Crippen molar-refractivity contribution in [3.8, 4) is 0 Å². The van der Waals surface area contributed by atoms with Crippen LogP contribution in [0.4, 0.5) is 0 Å². The monoisotopic (exact) mass is 250 g/mol. The molecule has 3 aromatic heterocycles. The van der Waals surface area contributed by atoms with Crippen molar-refractivity contribution in [1.82, 2.24) is 19.9 Å². The minimum absolute atomic E-state index is 0.738. The number of hydrogen-bond donors (Lipinski definition) is 0. The molecule has 0 unspecified atom stereocenters. The van der Waals surface area contributed by atoms with E-state index in [9.17, 15) is 0 Å². The number of thiazole rings is 2. The summed E-state index contributed by atoms with van der Waals surface area (Å²) in [5.41, 5.74) is 1.48. The second-order valence-corrected chi connectivity index (χ2v) is 5.53. The smallest absolute Gasteiger partial charge is 0.192 e. The molecule has 3 heterocycles. The van der Waals surface area contributed by atoms with Crippen molar-refractivity contribution in [2.75, 3.05) is 0 Å². The van der Waals surface area contributed by atoms with E-state index in [4.69, 9.17) is 0 Å². The number of hydrogen-bond acceptors (Lipinski definition) is 6. The van der Waals surface area contributed by atoms with Gasteiger partial charge in [0.05, 0.1) is 10.0 Å². The molecule has 0 saturated carbocycles. The summed E-state index contributed by atoms with van der Waals surface area (Å²) in [6, 6.07) is 0. The van der Waals surface area contributed by atoms with Crippen LogP contribution in [0.3, 0.4) is 0 Å². The first-order valence-electron chi connectivity index (χ1n) is 5.23. The maximum atomic E-state index is 4.56. The Morgan fingerprint density at radius 1 is 0.750 bits per heavy atom. The molecule has 0 aliphatic rings. The Morgan fingerprint density at radius 2 is 1.25 bits per heavy atom. The zero-order chi connectivity index (χ0) is 11.1. The molecular formula is C10H10N4S2. The van der Waals surface area contributed by atoms with Crippen molar-refractivity contribution < 1.29 is 0 Å². The summed E-state index contributed by atoms with van der Waals surface area (Å²) in [4.78, 5) is 19.7. The second-order valence-electron chi connectivity index (χ2n) is 3.40. The van der Waals surface area contributed by atoms with Crippen molar-refractivity contribution in [3.05, 3.63) is 10.0 Å². The van der Waals surface area contributed by atoms with Gasteiger partial charge in [0.1, 0.15) is 0 Å². The van der Waals surface area contributed by atoms with Gasteiger partial charge in [-0.05, 0) is 12.8 Å². The Bertz CT molecular complexity index is 550. The third-order valence-corrected chi connectivity index (χ3v) is 4.46. The van der Waals surface area contributed by atoms with Crippen LogP contribution in [0.1, 0.15) is 23.9 Å². The molecule has 4 nitrogen and oxygen atoms in total. The first kappa shape index (κ1) is 10.0. The molecule has 0 aliphatic carbocycles. The standard InChI is InChI=1S/C10H10N4S2/c1-3-5-11-7-9(15-5)14-10-8(13-7)12-6(4-2)16-10/h3-4H2,1-2H3. The number of nitrogens with zero attached hydrogens (tertiary/aromatic N) is 4. The van der Waals surface area contributed by atoms with Gasteiger partial charge in [-0.3, -0.25) is 0 Å². The molecule has 0 saturated heterocycles. The van der Waals surface area contributed by atoms with E-state index in [1.807, 2.05) is 0 Å². The topological polar surface area (TPSA) is 51.6 Å². The Kier molecular flexibility index (Phi) is 2.33. The van der Waals surface area contributed by atoms with E-state index < -0.39 is 0 Å². The molecule has 0 aromatic carbocycles. The van der Waals surface area contributed by atoms with Gasteiger partial charge < -0.3 is 0 Å². The predicted octanol–water partition coefficient (Wildman–Crippen LogP) is 2.82. The summed E-state index contributed by atoms with van der Waals surface area (Å²) < 4.78 is 0. The molecule has 82 valence electrons. The van der Waals surface area contributed by atoms with Crippen LogP contribution in [0.15, 0.2) is 0 Å². The molecule has 3 aromatic rings. The largest absolute Gasteiger partial charge is 0.220 e. The third-order valence-electron chi connectivity index (χ3n) is 2.29. The van der Waals surface area contributed by atoms with Crippen molar-refractivity contribution in [2.24, 2.45) is 0 Å². The number of aryl methyl sites for hydroxylation is 2. The Hall–Kier alpha value is -1.14. The molecule has 0 amide bonds. The first-order chi connectivity index (χ1) is 7.80. The number of aromatic nitrogens is 4. The summed E-state index contributed by atoms with van der Waals surface area (Å²) in [5.74, 6) is 0. The molecule has 0 spiro atoms. The fourth-order valence-electron chi connectivity index (χ4n) is 1.48. The van der Waals surface area contributed by atoms with E-state index in [0.29, 0.717) is 0 Å². The summed E-state index contributed by atoms with van der Waals surface area (Å²) in [6.07, 6.45) is 1.87. The predicted molar refractivity (Wildman–Crippen MR) is 67.1 cm³/mol. The fourth-order valence-corrected chi connectivity index (χ4v) is 3.17. The van der Waals surface area contributed by atoms with Crippen LogP contribution >= 0.6 is 22.7 Å². The molecule has 0 bridgehead atoms. The highest BCUT2D eigenvalue weighted by atomic mass is 32.1. The summed E-state index contributed by atoms with van der Waals surface area (Å²) in [6.45, 7) is 4.18. The van der Waals surface area contributed by atoms with Crippen LogP contribution < -0.4 is 0 Å². The van der Waals surface area contributed by atoms with Gasteiger partial charge in [0.25, 0.3) is 0 Å². The van der Waals surface area contributed by atoms with Gasteiger partial charge in [-0.1, -0.05) is 36.5 Å². The van der Waals surface area contributed by atoms with Crippen molar-refractivity contribution in [3.63, 3.8) is 0 Å². The Morgan fingerprint density at radius 3 is 1.69 bits per heavy atom. The third kappa shape index (κ3) is 1.49. The maximum absolute atomic E-state index is 4.56. The highest BCUT2D eigenvalue weighted by molar-refractivity contribution is 7.19. The lowest BCUT2D eigenvalue weighted by molar-refractivity contribution is 1.09. The second kappa shape index (κ2) is 3.71. The molecule has 0 radical (unpaired) electrons. The lowest BCUT2D eigenvalue weighted by atomic mass is 10.5. The average Bonchev–Trinajstić information content (AvgIpc) is 2.86. The van der Waals surface area contributed by atoms with Gasteiger partial charge in [0.15, 0.2) is 21.0 Å². The van der Waals surface area contributed by atoms with E-state index in [1.54, 1.807) is 22.7 Å². The molecule has 6 heteroatoms. The SMILES string of the molecule is CCc1nc2nc3nc(CC)sc3nc2s1. The van der Waals surface area contributed by atoms with Crippen LogP contribution in [-0.4, -0.2) is 19.9 Å². The Labute approximate surface area is 100 Å². The molecule has 0 N–H and O–H groups in total. The summed E-state index contributed by atoms with van der Waals surface area (Å²) >= 11 is 3.25. The lowest BCUT2D eigenvalue weighted by Gasteiger charge is -1.85. The van der Waals surface area contributed by atoms with Crippen molar-refractivity contribution >= 4 is 43.6 Å². The molecule has 0 fully saturated rings. The van der Waals surface area contributed by atoms with Crippen molar-refractivity contribution in [2.45, 2.75) is 26.7 Å². The van der Waals surface area contributed by atoms with E-state index in [2.05, 4.69) is 33.8 Å². The van der Waals surface area contributed by atoms with Crippen LogP contribution in [0.25, 0.3) is 21.0 Å². The van der Waals surface area contributed by atoms with Crippen LogP contribution in [0.2, 0.25) is 0 Å². The zero-order valence-corrected chi connectivity index (χ0v) is 10.7. The average molecular weight is 250 g/mol. The van der Waals surface area contributed by atoms with Crippen molar-refractivity contribution in [1.29, 1.82) is 0 Å². The fraction of sp³-hybridized carbons (Fsp3) is 0.400. The maximum Gasteiger partial charge on any atom is 0.192 e. The molecule has 0 aliphatic heterocycles. The normalized spacial score (nSPS) is 11.6. The van der Waals surface area contributed by atoms with E-state index >= 15 is 0 Å². The first-order valence-corrected chi connectivity index (χ1v) is 6.86.